The number of benzene rings is 3. The van der Waals surface area contributed by atoms with Crippen molar-refractivity contribution in [2.75, 3.05) is 5.32 Å². The molecule has 1 amide bonds. The smallest absolute Gasteiger partial charge is 0.269 e. The summed E-state index contributed by atoms with van der Waals surface area (Å²) in [6.45, 7) is 2.00. The number of carbonyl (C=O) groups is 1. The number of aryl methyl sites for hydroxylation is 1. The van der Waals surface area contributed by atoms with Gasteiger partial charge in [0.2, 0.25) is 0 Å². The monoisotopic (exact) mass is 447 g/mol. The lowest BCUT2D eigenvalue weighted by atomic mass is 10.1. The minimum atomic E-state index is -0.528. The van der Waals surface area contributed by atoms with Gasteiger partial charge in [0.1, 0.15) is 24.0 Å². The van der Waals surface area contributed by atoms with Crippen molar-refractivity contribution in [3.05, 3.63) is 104 Å². The number of nitrogens with one attached hydrogen (secondary N) is 1. The zero-order valence-electron chi connectivity index (χ0n) is 17.0. The second-order valence-electron chi connectivity index (χ2n) is 6.90. The van der Waals surface area contributed by atoms with Crippen LogP contribution in [-0.2, 0) is 11.4 Å². The topological polar surface area (TPSA) is 105 Å². The number of halogens is 1. The maximum absolute atomic E-state index is 12.4. The Labute approximate surface area is 189 Å². The highest BCUT2D eigenvalue weighted by atomic mass is 35.5. The van der Waals surface area contributed by atoms with E-state index in [9.17, 15) is 20.2 Å². The number of nitriles is 1. The van der Waals surface area contributed by atoms with Gasteiger partial charge in [-0.15, -0.1) is 0 Å². The van der Waals surface area contributed by atoms with E-state index in [4.69, 9.17) is 16.3 Å². The molecule has 0 aliphatic heterocycles. The molecule has 0 saturated carbocycles. The molecule has 0 aliphatic rings. The molecule has 3 aromatic carbocycles. The summed E-state index contributed by atoms with van der Waals surface area (Å²) in [6, 6.07) is 20.1. The molecule has 0 atom stereocenters. The summed E-state index contributed by atoms with van der Waals surface area (Å²) in [7, 11) is 0. The highest BCUT2D eigenvalue weighted by Gasteiger charge is 2.11. The van der Waals surface area contributed by atoms with E-state index < -0.39 is 10.8 Å². The largest absolute Gasteiger partial charge is 0.487 e. The third-order valence-corrected chi connectivity index (χ3v) is 4.72. The number of hydrogen-bond donors (Lipinski definition) is 1. The molecule has 0 aromatic heterocycles. The third-order valence-electron chi connectivity index (χ3n) is 4.42. The van der Waals surface area contributed by atoms with Gasteiger partial charge in [0.15, 0.2) is 0 Å². The van der Waals surface area contributed by atoms with Gasteiger partial charge in [-0.3, -0.25) is 14.9 Å². The molecule has 0 radical (unpaired) electrons. The molecule has 0 heterocycles. The number of carbonyl (C=O) groups excluding carboxylic acids is 1. The molecule has 32 heavy (non-hydrogen) atoms. The van der Waals surface area contributed by atoms with Crippen molar-refractivity contribution in [2.45, 2.75) is 13.5 Å². The van der Waals surface area contributed by atoms with E-state index in [1.807, 2.05) is 25.1 Å². The van der Waals surface area contributed by atoms with Crippen molar-refractivity contribution in [3.8, 4) is 11.8 Å². The van der Waals surface area contributed by atoms with Crippen molar-refractivity contribution >= 4 is 35.0 Å². The van der Waals surface area contributed by atoms with Crippen LogP contribution in [0.3, 0.4) is 0 Å². The Hall–Kier alpha value is -4.15. The minimum Gasteiger partial charge on any atom is -0.487 e. The highest BCUT2D eigenvalue weighted by molar-refractivity contribution is 6.32. The third kappa shape index (κ3) is 5.94. The van der Waals surface area contributed by atoms with E-state index in [0.29, 0.717) is 22.6 Å². The van der Waals surface area contributed by atoms with Crippen LogP contribution in [0.15, 0.2) is 72.3 Å². The van der Waals surface area contributed by atoms with Gasteiger partial charge in [-0.05, 0) is 54.0 Å². The van der Waals surface area contributed by atoms with Crippen molar-refractivity contribution in [1.29, 1.82) is 5.26 Å². The van der Waals surface area contributed by atoms with Crippen LogP contribution in [0.5, 0.6) is 5.75 Å². The summed E-state index contributed by atoms with van der Waals surface area (Å²) < 4.78 is 5.66. The molecule has 7 nitrogen and oxygen atoms in total. The Morgan fingerprint density at radius 3 is 2.66 bits per heavy atom. The van der Waals surface area contributed by atoms with Gasteiger partial charge in [0, 0.05) is 17.8 Å². The predicted octanol–water partition coefficient (Wildman–Crippen LogP) is 5.68. The molecular formula is C24H18ClN3O4. The Kier molecular flexibility index (Phi) is 7.21. The molecule has 0 bridgehead atoms. The van der Waals surface area contributed by atoms with E-state index >= 15 is 0 Å². The highest BCUT2D eigenvalue weighted by Crippen LogP contribution is 2.28. The molecule has 1 N–H and O–H groups in total. The summed E-state index contributed by atoms with van der Waals surface area (Å²) in [6.07, 6.45) is 1.43. The molecule has 0 saturated heterocycles. The van der Waals surface area contributed by atoms with Gasteiger partial charge < -0.3 is 10.1 Å². The first kappa shape index (κ1) is 22.5. The fraction of sp³-hybridized carbons (Fsp3) is 0.0833. The van der Waals surface area contributed by atoms with Gasteiger partial charge in [0.05, 0.1) is 9.95 Å². The average molecular weight is 448 g/mol. The van der Waals surface area contributed by atoms with Gasteiger partial charge in [0.25, 0.3) is 11.6 Å². The van der Waals surface area contributed by atoms with E-state index in [-0.39, 0.29) is 22.9 Å². The molecule has 8 heteroatoms. The first-order valence-electron chi connectivity index (χ1n) is 9.51. The second kappa shape index (κ2) is 10.2. The quantitative estimate of drug-likeness (QED) is 0.217. The summed E-state index contributed by atoms with van der Waals surface area (Å²) in [5, 5.41) is 23.3. The maximum atomic E-state index is 12.4. The molecule has 3 aromatic rings. The van der Waals surface area contributed by atoms with Crippen molar-refractivity contribution in [3.63, 3.8) is 0 Å². The number of nitro groups is 1. The zero-order chi connectivity index (χ0) is 23.1. The molecule has 160 valence electrons. The fourth-order valence-electron chi connectivity index (χ4n) is 2.88. The first-order chi connectivity index (χ1) is 15.4. The first-order valence-corrected chi connectivity index (χ1v) is 9.89. The van der Waals surface area contributed by atoms with E-state index in [2.05, 4.69) is 5.32 Å². The number of ether oxygens (including phenoxy) is 1. The van der Waals surface area contributed by atoms with Crippen molar-refractivity contribution in [2.24, 2.45) is 0 Å². The number of nitro benzene ring substituents is 1. The molecule has 0 unspecified atom stereocenters. The van der Waals surface area contributed by atoms with Crippen LogP contribution in [0.1, 0.15) is 16.7 Å². The molecule has 0 aliphatic carbocycles. The Bertz CT molecular complexity index is 1250. The summed E-state index contributed by atoms with van der Waals surface area (Å²) in [5.74, 6) is -0.154. The Morgan fingerprint density at radius 2 is 1.97 bits per heavy atom. The van der Waals surface area contributed by atoms with Gasteiger partial charge in [-0.25, -0.2) is 0 Å². The SMILES string of the molecule is Cc1cccc(NC(=O)/C(C#N)=C/c2ccc(OCc3cccc([N+](=O)[O-])c3)c(Cl)c2)c1. The normalized spacial score (nSPS) is 10.8. The van der Waals surface area contributed by atoms with E-state index in [1.54, 1.807) is 42.5 Å². The van der Waals surface area contributed by atoms with Gasteiger partial charge >= 0.3 is 0 Å². The van der Waals surface area contributed by atoms with Crippen LogP contribution in [0.4, 0.5) is 11.4 Å². The van der Waals surface area contributed by atoms with E-state index in [0.717, 1.165) is 5.56 Å². The number of amides is 1. The van der Waals surface area contributed by atoms with Crippen LogP contribution >= 0.6 is 11.6 Å². The number of hydrogen-bond acceptors (Lipinski definition) is 5. The van der Waals surface area contributed by atoms with Gasteiger partial charge in [-0.1, -0.05) is 41.9 Å². The van der Waals surface area contributed by atoms with E-state index in [1.165, 1.54) is 18.2 Å². The molecule has 0 fully saturated rings. The summed E-state index contributed by atoms with van der Waals surface area (Å²) in [4.78, 5) is 22.8. The number of non-ortho nitro benzene ring substituents is 1. The number of anilines is 1. The van der Waals surface area contributed by atoms with Crippen LogP contribution in [-0.4, -0.2) is 10.8 Å². The standard InChI is InChI=1S/C24H18ClN3O4/c1-16-4-2-6-20(10-16)27-24(29)19(14-26)11-17-8-9-23(22(25)13-17)32-15-18-5-3-7-21(12-18)28(30)31/h2-13H,15H2,1H3,(H,27,29)/b19-11+. The molecule has 0 spiro atoms. The minimum absolute atomic E-state index is 0.0225. The summed E-state index contributed by atoms with van der Waals surface area (Å²) in [5.41, 5.74) is 2.66. The van der Waals surface area contributed by atoms with Crippen LogP contribution < -0.4 is 10.1 Å². The van der Waals surface area contributed by atoms with Crippen LogP contribution in [0, 0.1) is 28.4 Å². The zero-order valence-corrected chi connectivity index (χ0v) is 17.8. The average Bonchev–Trinajstić information content (AvgIpc) is 2.77. The Balaban J connectivity index is 1.71. The van der Waals surface area contributed by atoms with Crippen molar-refractivity contribution < 1.29 is 14.5 Å². The van der Waals surface area contributed by atoms with Crippen molar-refractivity contribution in [1.82, 2.24) is 0 Å². The lowest BCUT2D eigenvalue weighted by Crippen LogP contribution is -2.13. The van der Waals surface area contributed by atoms with Crippen LogP contribution in [0.2, 0.25) is 5.02 Å². The Morgan fingerprint density at radius 1 is 1.19 bits per heavy atom. The second-order valence-corrected chi connectivity index (χ2v) is 7.31. The van der Waals surface area contributed by atoms with Gasteiger partial charge in [-0.2, -0.15) is 5.26 Å². The lowest BCUT2D eigenvalue weighted by molar-refractivity contribution is -0.384. The maximum Gasteiger partial charge on any atom is 0.269 e. The lowest BCUT2D eigenvalue weighted by Gasteiger charge is -2.09. The summed E-state index contributed by atoms with van der Waals surface area (Å²) >= 11 is 6.28. The predicted molar refractivity (Wildman–Crippen MR) is 122 cm³/mol. The van der Waals surface area contributed by atoms with Crippen LogP contribution in [0.25, 0.3) is 6.08 Å². The number of nitrogens with zero attached hydrogens (tertiary/aromatic N) is 2. The molecule has 3 rings (SSSR count). The fourth-order valence-corrected chi connectivity index (χ4v) is 3.12. The molecular weight excluding hydrogens is 430 g/mol. The number of rotatable bonds is 7.